The van der Waals surface area contributed by atoms with Crippen LogP contribution in [0.4, 0.5) is 0 Å². The number of carbonyl (C=O) groups is 3. The van der Waals surface area contributed by atoms with Crippen LogP contribution in [0.3, 0.4) is 0 Å². The molecule has 2 N–H and O–H groups in total. The van der Waals surface area contributed by atoms with Crippen LogP contribution in [-0.2, 0) is 25.7 Å². The zero-order chi connectivity index (χ0) is 30.6. The van der Waals surface area contributed by atoms with Crippen molar-refractivity contribution in [2.45, 2.75) is 50.7 Å². The first-order valence-electron chi connectivity index (χ1n) is 15.7. The van der Waals surface area contributed by atoms with E-state index in [4.69, 9.17) is 9.47 Å². The molecule has 2 heterocycles. The lowest BCUT2D eigenvalue weighted by atomic mass is 9.91. The van der Waals surface area contributed by atoms with Crippen molar-refractivity contribution in [3.8, 4) is 11.5 Å². The molecule has 3 aliphatic rings. The standard InChI is InChI=1S/C33H44N4O5S2/c38-31(20-36-15-17-41-18-16-36)37-24-44-23-30(37)33(40)35-29(22-43-21-26-7-3-1-4-8-26)32(39)34-19-25-11-13-28(14-12-25)42-27-9-5-2-6-10-27/h2,5-6,9-14,26,29-30H,1,3-4,7-8,15-24H2,(H,34,39)(H,35,40)/t29-,30-/m0/s1. The third-order valence-corrected chi connectivity index (χ3v) is 10.6. The molecule has 44 heavy (non-hydrogen) atoms. The van der Waals surface area contributed by atoms with E-state index in [9.17, 15) is 14.4 Å². The van der Waals surface area contributed by atoms with Crippen molar-refractivity contribution in [2.75, 3.05) is 56.0 Å². The zero-order valence-corrected chi connectivity index (χ0v) is 26.9. The van der Waals surface area contributed by atoms with Gasteiger partial charge in [0, 0.05) is 31.1 Å². The van der Waals surface area contributed by atoms with Crippen molar-refractivity contribution in [1.82, 2.24) is 20.4 Å². The lowest BCUT2D eigenvalue weighted by Crippen LogP contribution is -2.56. The van der Waals surface area contributed by atoms with E-state index in [1.54, 1.807) is 28.4 Å². The quantitative estimate of drug-likeness (QED) is 0.337. The Morgan fingerprint density at radius 2 is 1.70 bits per heavy atom. The average molecular weight is 641 g/mol. The molecule has 2 atom stereocenters. The maximum Gasteiger partial charge on any atom is 0.244 e. The molecule has 0 bridgehead atoms. The monoisotopic (exact) mass is 640 g/mol. The molecule has 5 rings (SSSR count). The summed E-state index contributed by atoms with van der Waals surface area (Å²) < 4.78 is 11.3. The molecule has 1 aliphatic carbocycles. The summed E-state index contributed by atoms with van der Waals surface area (Å²) in [5.74, 6) is 4.14. The fourth-order valence-corrected chi connectivity index (χ4v) is 8.17. The molecule has 0 spiro atoms. The third-order valence-electron chi connectivity index (χ3n) is 8.33. The van der Waals surface area contributed by atoms with Gasteiger partial charge >= 0.3 is 0 Å². The Balaban J connectivity index is 1.16. The number of rotatable bonds is 13. The summed E-state index contributed by atoms with van der Waals surface area (Å²) in [5.41, 5.74) is 0.936. The number of carbonyl (C=O) groups excluding carboxylic acids is 3. The van der Waals surface area contributed by atoms with Crippen molar-refractivity contribution >= 4 is 41.2 Å². The molecule has 3 fully saturated rings. The molecule has 0 unspecified atom stereocenters. The van der Waals surface area contributed by atoms with Crippen LogP contribution in [0.15, 0.2) is 54.6 Å². The van der Waals surface area contributed by atoms with Gasteiger partial charge in [0.2, 0.25) is 17.7 Å². The number of nitrogens with one attached hydrogen (secondary N) is 2. The topological polar surface area (TPSA) is 100 Å². The van der Waals surface area contributed by atoms with Gasteiger partial charge in [0.15, 0.2) is 0 Å². The number of para-hydroxylation sites is 1. The van der Waals surface area contributed by atoms with E-state index < -0.39 is 12.1 Å². The SMILES string of the molecule is O=C(NCc1ccc(Oc2ccccc2)cc1)[C@H](CSCC1CCCCC1)NC(=O)[C@@H]1CSCN1C(=O)CN1CCOCC1. The highest BCUT2D eigenvalue weighted by atomic mass is 32.2. The maximum atomic E-state index is 13.5. The maximum absolute atomic E-state index is 13.5. The summed E-state index contributed by atoms with van der Waals surface area (Å²) in [4.78, 5) is 43.9. The van der Waals surface area contributed by atoms with Crippen molar-refractivity contribution in [3.63, 3.8) is 0 Å². The van der Waals surface area contributed by atoms with Crippen LogP contribution in [-0.4, -0.2) is 95.6 Å². The van der Waals surface area contributed by atoms with E-state index in [0.717, 1.165) is 22.8 Å². The van der Waals surface area contributed by atoms with Crippen LogP contribution in [0.2, 0.25) is 0 Å². The van der Waals surface area contributed by atoms with Crippen molar-refractivity contribution in [1.29, 1.82) is 0 Å². The molecule has 3 amide bonds. The minimum atomic E-state index is -0.682. The van der Waals surface area contributed by atoms with Gasteiger partial charge in [0.1, 0.15) is 23.6 Å². The Labute approximate surface area is 269 Å². The minimum absolute atomic E-state index is 0.0515. The Bertz CT molecular complexity index is 1210. The summed E-state index contributed by atoms with van der Waals surface area (Å²) >= 11 is 3.31. The molecule has 9 nitrogen and oxygen atoms in total. The Kier molecular flexibility index (Phi) is 12.7. The molecular formula is C33H44N4O5S2. The van der Waals surface area contributed by atoms with Gasteiger partial charge in [-0.05, 0) is 54.3 Å². The first kappa shape index (κ1) is 32.7. The summed E-state index contributed by atoms with van der Waals surface area (Å²) in [7, 11) is 0. The summed E-state index contributed by atoms with van der Waals surface area (Å²) in [6, 6.07) is 16.0. The van der Waals surface area contributed by atoms with Crippen molar-refractivity contribution in [2.24, 2.45) is 5.92 Å². The molecule has 2 aromatic rings. The first-order valence-corrected chi connectivity index (χ1v) is 18.0. The van der Waals surface area contributed by atoms with Gasteiger partial charge in [-0.1, -0.05) is 49.6 Å². The average Bonchev–Trinajstić information content (AvgIpc) is 3.56. The first-order chi connectivity index (χ1) is 21.5. The zero-order valence-electron chi connectivity index (χ0n) is 25.3. The smallest absolute Gasteiger partial charge is 0.244 e. The molecular weight excluding hydrogens is 597 g/mol. The molecule has 0 aromatic heterocycles. The number of nitrogens with zero attached hydrogens (tertiary/aromatic N) is 2. The predicted octanol–water partition coefficient (Wildman–Crippen LogP) is 4.13. The number of benzene rings is 2. The molecule has 11 heteroatoms. The molecule has 0 radical (unpaired) electrons. The van der Waals surface area contributed by atoms with Gasteiger partial charge in [-0.3, -0.25) is 19.3 Å². The fraction of sp³-hybridized carbons (Fsp3) is 0.545. The molecule has 2 aromatic carbocycles. The molecule has 238 valence electrons. The molecule has 2 aliphatic heterocycles. The van der Waals surface area contributed by atoms with Crippen molar-refractivity contribution in [3.05, 3.63) is 60.2 Å². The highest BCUT2D eigenvalue weighted by Gasteiger charge is 2.37. The van der Waals surface area contributed by atoms with Crippen LogP contribution in [0.25, 0.3) is 0 Å². The van der Waals surface area contributed by atoms with Crippen LogP contribution in [0.1, 0.15) is 37.7 Å². The molecule has 1 saturated carbocycles. The number of hydrogen-bond donors (Lipinski definition) is 2. The van der Waals surface area contributed by atoms with Crippen molar-refractivity contribution < 1.29 is 23.9 Å². The van der Waals surface area contributed by atoms with Crippen LogP contribution >= 0.6 is 23.5 Å². The van der Waals surface area contributed by atoms with E-state index >= 15 is 0 Å². The largest absolute Gasteiger partial charge is 0.457 e. The van der Waals surface area contributed by atoms with Gasteiger partial charge in [0.25, 0.3) is 0 Å². The Morgan fingerprint density at radius 1 is 0.977 bits per heavy atom. The van der Waals surface area contributed by atoms with E-state index in [2.05, 4.69) is 15.5 Å². The van der Waals surface area contributed by atoms with Crippen LogP contribution < -0.4 is 15.4 Å². The number of hydrogen-bond acceptors (Lipinski definition) is 8. The summed E-state index contributed by atoms with van der Waals surface area (Å²) in [6.07, 6.45) is 6.32. The highest BCUT2D eigenvalue weighted by Crippen LogP contribution is 2.27. The van der Waals surface area contributed by atoms with E-state index in [1.807, 2.05) is 54.6 Å². The lowest BCUT2D eigenvalue weighted by Gasteiger charge is -2.30. The summed E-state index contributed by atoms with van der Waals surface area (Å²) in [6.45, 7) is 3.29. The van der Waals surface area contributed by atoms with Gasteiger partial charge in [-0.25, -0.2) is 0 Å². The van der Waals surface area contributed by atoms with Gasteiger partial charge in [0.05, 0.1) is 25.6 Å². The van der Waals surface area contributed by atoms with Gasteiger partial charge in [-0.2, -0.15) is 11.8 Å². The van der Waals surface area contributed by atoms with E-state index in [0.29, 0.717) is 56.1 Å². The fourth-order valence-electron chi connectivity index (χ4n) is 5.72. The van der Waals surface area contributed by atoms with Crippen LogP contribution in [0.5, 0.6) is 11.5 Å². The van der Waals surface area contributed by atoms with Gasteiger partial charge < -0.3 is 25.0 Å². The van der Waals surface area contributed by atoms with E-state index in [-0.39, 0.29) is 24.3 Å². The lowest BCUT2D eigenvalue weighted by molar-refractivity contribution is -0.140. The highest BCUT2D eigenvalue weighted by molar-refractivity contribution is 7.99. The Morgan fingerprint density at radius 3 is 2.45 bits per heavy atom. The Hall–Kier alpha value is -2.73. The minimum Gasteiger partial charge on any atom is -0.457 e. The second-order valence-electron chi connectivity index (χ2n) is 11.6. The predicted molar refractivity (Wildman–Crippen MR) is 176 cm³/mol. The third kappa shape index (κ3) is 9.89. The second-order valence-corrected chi connectivity index (χ2v) is 13.7. The van der Waals surface area contributed by atoms with Gasteiger partial charge in [-0.15, -0.1) is 11.8 Å². The number of ether oxygens (including phenoxy) is 2. The normalized spacial score (nSPS) is 20.2. The number of thioether (sulfide) groups is 2. The second kappa shape index (κ2) is 17.1. The summed E-state index contributed by atoms with van der Waals surface area (Å²) in [5, 5.41) is 6.05. The number of amides is 3. The van der Waals surface area contributed by atoms with E-state index in [1.165, 1.54) is 32.1 Å². The number of morpholine rings is 1. The van der Waals surface area contributed by atoms with Crippen LogP contribution in [0, 0.1) is 5.92 Å². The molecule has 2 saturated heterocycles.